The molecule has 0 heterocycles. The van der Waals surface area contributed by atoms with Gasteiger partial charge in [-0.2, -0.15) is 10.4 Å². The Balaban J connectivity index is 3.34. The summed E-state index contributed by atoms with van der Waals surface area (Å²) in [4.78, 5) is 8.11. The maximum atomic E-state index is 9.86. The van der Waals surface area contributed by atoms with Gasteiger partial charge in [-0.1, -0.05) is 0 Å². The zero-order valence-electron chi connectivity index (χ0n) is 3.83. The van der Waals surface area contributed by atoms with Crippen LogP contribution in [-0.4, -0.2) is 15.9 Å². The molecule has 2 unspecified atom stereocenters. The van der Waals surface area contributed by atoms with E-state index in [4.69, 9.17) is 10.1 Å². The number of hydrogen-bond acceptors (Lipinski definition) is 3. The largest absolute Gasteiger partial charge is 0.526 e. The summed E-state index contributed by atoms with van der Waals surface area (Å²) >= 11 is 0. The number of rotatable bonds is 2. The summed E-state index contributed by atoms with van der Waals surface area (Å²) in [5.74, 6) is -0.727. The van der Waals surface area contributed by atoms with Gasteiger partial charge in [0.05, 0.1) is 0 Å². The molecule has 0 aliphatic heterocycles. The lowest BCUT2D eigenvalue weighted by Crippen LogP contribution is -2.16. The Morgan fingerprint density at radius 1 is 1.86 bits per heavy atom. The molecular formula is C2H7NO3P+. The van der Waals surface area contributed by atoms with Crippen LogP contribution < -0.4 is 5.48 Å². The molecule has 0 aromatic rings. The highest BCUT2D eigenvalue weighted by atomic mass is 31.1. The molecule has 0 aliphatic carbocycles. The number of hydrogen-bond donors (Lipinski definition) is 3. The molecule has 5 heteroatoms. The van der Waals surface area contributed by atoms with Crippen LogP contribution in [0.15, 0.2) is 0 Å². The Morgan fingerprint density at radius 3 is 2.29 bits per heavy atom. The smallest absolute Gasteiger partial charge is 0.313 e. The first-order valence-electron chi connectivity index (χ1n) is 1.73. The lowest BCUT2D eigenvalue weighted by molar-refractivity contribution is 0.156. The first-order valence-corrected chi connectivity index (χ1v) is 3.01. The molecule has 2 atom stereocenters. The van der Waals surface area contributed by atoms with Crippen molar-refractivity contribution in [3.8, 4) is 0 Å². The van der Waals surface area contributed by atoms with E-state index in [-0.39, 0.29) is 0 Å². The van der Waals surface area contributed by atoms with Crippen LogP contribution in [0.2, 0.25) is 0 Å². The molecule has 7 heavy (non-hydrogen) atoms. The third-order valence-electron chi connectivity index (χ3n) is 0.518. The molecule has 42 valence electrons. The van der Waals surface area contributed by atoms with Gasteiger partial charge in [-0.15, -0.1) is 0 Å². The van der Waals surface area contributed by atoms with Crippen LogP contribution in [0.3, 0.4) is 0 Å². The van der Waals surface area contributed by atoms with E-state index in [0.717, 1.165) is 0 Å². The van der Waals surface area contributed by atoms with E-state index in [9.17, 15) is 4.57 Å². The van der Waals surface area contributed by atoms with Crippen LogP contribution in [0, 0.1) is 0 Å². The molecule has 0 rings (SSSR count). The van der Waals surface area contributed by atoms with Gasteiger partial charge in [0.2, 0.25) is 0 Å². The molecule has 0 amide bonds. The van der Waals surface area contributed by atoms with Crippen molar-refractivity contribution in [2.75, 3.05) is 0 Å². The monoisotopic (exact) mass is 124 g/mol. The number of nitrogens with one attached hydrogen (secondary N) is 1. The summed E-state index contributed by atoms with van der Waals surface area (Å²) in [6.07, 6.45) is 0. The van der Waals surface area contributed by atoms with Crippen molar-refractivity contribution in [1.29, 1.82) is 0 Å². The lowest BCUT2D eigenvalue weighted by atomic mass is 10.8. The van der Waals surface area contributed by atoms with Crippen molar-refractivity contribution in [1.82, 2.24) is 5.48 Å². The fourth-order valence-corrected chi connectivity index (χ4v) is 0.148. The van der Waals surface area contributed by atoms with E-state index in [1.54, 1.807) is 5.48 Å². The van der Waals surface area contributed by atoms with E-state index in [0.29, 0.717) is 0 Å². The molecule has 0 aromatic carbocycles. The van der Waals surface area contributed by atoms with Crippen LogP contribution in [-0.2, 0) is 4.57 Å². The Hall–Kier alpha value is -0.0200. The lowest BCUT2D eigenvalue weighted by Gasteiger charge is -1.87. The van der Waals surface area contributed by atoms with Crippen LogP contribution in [0.5, 0.6) is 0 Å². The highest BCUT2D eigenvalue weighted by molar-refractivity contribution is 7.38. The summed E-state index contributed by atoms with van der Waals surface area (Å²) < 4.78 is 9.86. The van der Waals surface area contributed by atoms with Gasteiger partial charge in [0.15, 0.2) is 0 Å². The van der Waals surface area contributed by atoms with Crippen molar-refractivity contribution in [2.24, 2.45) is 0 Å². The molecule has 0 aliphatic rings. The minimum absolute atomic E-state index is 0.727. The molecule has 0 saturated heterocycles. The first kappa shape index (κ1) is 6.98. The van der Waals surface area contributed by atoms with Gasteiger partial charge in [-0.3, -0.25) is 0 Å². The minimum atomic E-state index is -2.27. The average molecular weight is 124 g/mol. The van der Waals surface area contributed by atoms with Crippen LogP contribution in [0.4, 0.5) is 0 Å². The highest BCUT2D eigenvalue weighted by Gasteiger charge is 2.20. The van der Waals surface area contributed by atoms with Gasteiger partial charge in [-0.25, -0.2) is 0 Å². The van der Waals surface area contributed by atoms with Gasteiger partial charge in [-0.05, 0) is 4.57 Å². The molecule has 0 bridgehead atoms. The molecule has 0 spiro atoms. The highest BCUT2D eigenvalue weighted by Crippen LogP contribution is 2.17. The molecule has 0 radical (unpaired) electrons. The second kappa shape index (κ2) is 3.04. The molecular weight excluding hydrogens is 117 g/mol. The summed E-state index contributed by atoms with van der Waals surface area (Å²) in [5, 5.41) is 7.91. The quantitative estimate of drug-likeness (QED) is 0.359. The summed E-state index contributed by atoms with van der Waals surface area (Å²) in [5.41, 5.74) is 1.63. The summed E-state index contributed by atoms with van der Waals surface area (Å²) in [6, 6.07) is 0. The summed E-state index contributed by atoms with van der Waals surface area (Å²) in [6.45, 7) is 1.40. The van der Waals surface area contributed by atoms with Gasteiger partial charge >= 0.3 is 8.03 Å². The third-order valence-corrected chi connectivity index (χ3v) is 1.30. The Morgan fingerprint density at radius 2 is 2.29 bits per heavy atom. The summed E-state index contributed by atoms with van der Waals surface area (Å²) in [7, 11) is -2.27. The maximum Gasteiger partial charge on any atom is 0.526 e. The average Bonchev–Trinajstić information content (AvgIpc) is 1.65. The fraction of sp³-hybridized carbons (Fsp3) is 1.00. The molecule has 0 fully saturated rings. The minimum Gasteiger partial charge on any atom is -0.313 e. The topological polar surface area (TPSA) is 69.6 Å². The fourth-order valence-electron chi connectivity index (χ4n) is 0.0494. The van der Waals surface area contributed by atoms with Gasteiger partial charge in [0, 0.05) is 6.92 Å². The van der Waals surface area contributed by atoms with E-state index in [2.05, 4.69) is 0 Å². The van der Waals surface area contributed by atoms with E-state index in [1.165, 1.54) is 6.92 Å². The van der Waals surface area contributed by atoms with E-state index < -0.39 is 13.8 Å². The van der Waals surface area contributed by atoms with E-state index >= 15 is 0 Å². The maximum absolute atomic E-state index is 9.86. The van der Waals surface area contributed by atoms with Gasteiger partial charge < -0.3 is 5.21 Å². The predicted molar refractivity (Wildman–Crippen MR) is 24.2 cm³/mol. The van der Waals surface area contributed by atoms with Crippen LogP contribution in [0.25, 0.3) is 0 Å². The third kappa shape index (κ3) is 2.65. The number of hydroxylamine groups is 1. The zero-order chi connectivity index (χ0) is 5.86. The van der Waals surface area contributed by atoms with E-state index in [1.807, 2.05) is 0 Å². The second-order valence-corrected chi connectivity index (χ2v) is 2.49. The SMILES string of the molecule is CC(NO)[P+](=O)O. The normalized spacial score (nSPS) is 16.1. The van der Waals surface area contributed by atoms with Crippen molar-refractivity contribution < 1.29 is 14.7 Å². The Kier molecular flexibility index (Phi) is 3.04. The van der Waals surface area contributed by atoms with Gasteiger partial charge in [0.25, 0.3) is 5.78 Å². The van der Waals surface area contributed by atoms with Crippen molar-refractivity contribution in [2.45, 2.75) is 12.7 Å². The zero-order valence-corrected chi connectivity index (χ0v) is 4.72. The second-order valence-electron chi connectivity index (χ2n) is 1.11. The standard InChI is InChI=1S/C2H6NO3P/c1-2(3-4)7(5)6/h2-4H,1H3/p+1. The van der Waals surface area contributed by atoms with Gasteiger partial charge in [0.1, 0.15) is 0 Å². The molecule has 3 N–H and O–H groups in total. The van der Waals surface area contributed by atoms with Crippen molar-refractivity contribution in [3.05, 3.63) is 0 Å². The first-order chi connectivity index (χ1) is 3.18. The van der Waals surface area contributed by atoms with Crippen molar-refractivity contribution in [3.63, 3.8) is 0 Å². The Labute approximate surface area is 42.0 Å². The van der Waals surface area contributed by atoms with Crippen molar-refractivity contribution >= 4 is 8.03 Å². The van der Waals surface area contributed by atoms with Crippen LogP contribution >= 0.6 is 8.03 Å². The van der Waals surface area contributed by atoms with Crippen LogP contribution in [0.1, 0.15) is 6.92 Å². The molecule has 0 aromatic heterocycles. The predicted octanol–water partition coefficient (Wildman–Crippen LogP) is 0.0459. The molecule has 4 nitrogen and oxygen atoms in total. The Bertz CT molecular complexity index is 75.3. The molecule has 0 saturated carbocycles.